The van der Waals surface area contributed by atoms with E-state index in [9.17, 15) is 9.59 Å². The van der Waals surface area contributed by atoms with Gasteiger partial charge in [-0.1, -0.05) is 12.1 Å². The number of primary amides is 1. The van der Waals surface area contributed by atoms with E-state index < -0.39 is 0 Å². The molecule has 5 nitrogen and oxygen atoms in total. The first-order valence-electron chi connectivity index (χ1n) is 7.45. The summed E-state index contributed by atoms with van der Waals surface area (Å²) in [6.45, 7) is 4.00. The van der Waals surface area contributed by atoms with Crippen LogP contribution in [0.2, 0.25) is 0 Å². The number of aryl methyl sites for hydroxylation is 1. The number of hydrogen-bond donors (Lipinski definition) is 2. The molecule has 0 aromatic heterocycles. The Morgan fingerprint density at radius 2 is 2.24 bits per heavy atom. The Bertz CT molecular complexity index is 510. The predicted octanol–water partition coefficient (Wildman–Crippen LogP) is 1.20. The van der Waals surface area contributed by atoms with E-state index in [1.165, 1.54) is 0 Å². The molecule has 1 aliphatic heterocycles. The van der Waals surface area contributed by atoms with Crippen LogP contribution in [0.15, 0.2) is 24.3 Å². The predicted molar refractivity (Wildman–Crippen MR) is 82.9 cm³/mol. The second-order valence-corrected chi connectivity index (χ2v) is 5.59. The van der Waals surface area contributed by atoms with Crippen LogP contribution in [0.25, 0.3) is 0 Å². The summed E-state index contributed by atoms with van der Waals surface area (Å²) in [7, 11) is 0. The van der Waals surface area contributed by atoms with Gasteiger partial charge in [-0.3, -0.25) is 9.59 Å². The molecule has 1 aromatic carbocycles. The normalized spacial score (nSPS) is 18.2. The Balaban J connectivity index is 2.18. The summed E-state index contributed by atoms with van der Waals surface area (Å²) in [5, 5.41) is 3.26. The third-order valence-corrected chi connectivity index (χ3v) is 3.81. The van der Waals surface area contributed by atoms with E-state index in [0.717, 1.165) is 30.6 Å². The van der Waals surface area contributed by atoms with E-state index in [4.69, 9.17) is 5.73 Å². The lowest BCUT2D eigenvalue weighted by Crippen LogP contribution is -2.44. The van der Waals surface area contributed by atoms with Gasteiger partial charge in [-0.05, 0) is 44.0 Å². The third-order valence-electron chi connectivity index (χ3n) is 3.81. The van der Waals surface area contributed by atoms with Crippen LogP contribution >= 0.6 is 0 Å². The molecule has 1 unspecified atom stereocenters. The van der Waals surface area contributed by atoms with Gasteiger partial charge >= 0.3 is 0 Å². The van der Waals surface area contributed by atoms with Gasteiger partial charge in [-0.15, -0.1) is 0 Å². The minimum atomic E-state index is -0.387. The standard InChI is InChI=1S/C16H23N3O2/c1-12-4-2-6-14(10-12)19(9-7-15(17)20)16(21)13-5-3-8-18-11-13/h2,4,6,10,13,18H,3,5,7-9,11H2,1H3,(H2,17,20). The molecule has 2 rings (SSSR count). The van der Waals surface area contributed by atoms with Crippen molar-refractivity contribution in [3.63, 3.8) is 0 Å². The van der Waals surface area contributed by atoms with Crippen molar-refractivity contribution in [3.8, 4) is 0 Å². The number of carbonyl (C=O) groups excluding carboxylic acids is 2. The first-order valence-corrected chi connectivity index (χ1v) is 7.45. The van der Waals surface area contributed by atoms with Crippen molar-refractivity contribution in [1.29, 1.82) is 0 Å². The topological polar surface area (TPSA) is 75.4 Å². The fourth-order valence-corrected chi connectivity index (χ4v) is 2.67. The van der Waals surface area contributed by atoms with Crippen LogP contribution in [0.1, 0.15) is 24.8 Å². The Hall–Kier alpha value is -1.88. The average Bonchev–Trinajstić information content (AvgIpc) is 2.48. The lowest BCUT2D eigenvalue weighted by atomic mass is 9.97. The Labute approximate surface area is 125 Å². The summed E-state index contributed by atoms with van der Waals surface area (Å²) < 4.78 is 0. The number of nitrogens with zero attached hydrogens (tertiary/aromatic N) is 1. The first-order chi connectivity index (χ1) is 10.1. The van der Waals surface area contributed by atoms with Crippen molar-refractivity contribution in [1.82, 2.24) is 5.32 Å². The summed E-state index contributed by atoms with van der Waals surface area (Å²) in [5.41, 5.74) is 7.17. The van der Waals surface area contributed by atoms with Crippen LogP contribution in [0.4, 0.5) is 5.69 Å². The van der Waals surface area contributed by atoms with Crippen molar-refractivity contribution in [2.75, 3.05) is 24.5 Å². The van der Waals surface area contributed by atoms with Crippen LogP contribution in [0.3, 0.4) is 0 Å². The maximum absolute atomic E-state index is 12.8. The van der Waals surface area contributed by atoms with E-state index in [-0.39, 0.29) is 24.2 Å². The monoisotopic (exact) mass is 289 g/mol. The molecule has 1 saturated heterocycles. The second-order valence-electron chi connectivity index (χ2n) is 5.59. The lowest BCUT2D eigenvalue weighted by Gasteiger charge is -2.29. The van der Waals surface area contributed by atoms with Crippen LogP contribution < -0.4 is 16.0 Å². The van der Waals surface area contributed by atoms with Crippen LogP contribution in [-0.4, -0.2) is 31.4 Å². The van der Waals surface area contributed by atoms with Crippen molar-refractivity contribution in [2.24, 2.45) is 11.7 Å². The summed E-state index contributed by atoms with van der Waals surface area (Å²) >= 11 is 0. The van der Waals surface area contributed by atoms with Gasteiger partial charge < -0.3 is 16.0 Å². The number of benzene rings is 1. The second kappa shape index (κ2) is 7.22. The van der Waals surface area contributed by atoms with Crippen LogP contribution in [0.5, 0.6) is 0 Å². The number of amides is 2. The van der Waals surface area contributed by atoms with Crippen molar-refractivity contribution >= 4 is 17.5 Å². The van der Waals surface area contributed by atoms with Gasteiger partial charge in [0.25, 0.3) is 0 Å². The van der Waals surface area contributed by atoms with Gasteiger partial charge in [0.15, 0.2) is 0 Å². The minimum absolute atomic E-state index is 0.0212. The molecule has 0 radical (unpaired) electrons. The Morgan fingerprint density at radius 3 is 2.86 bits per heavy atom. The van der Waals surface area contributed by atoms with Gasteiger partial charge in [0.05, 0.1) is 5.92 Å². The molecule has 1 fully saturated rings. The number of anilines is 1. The summed E-state index contributed by atoms with van der Waals surface area (Å²) in [6.07, 6.45) is 2.08. The highest BCUT2D eigenvalue weighted by atomic mass is 16.2. The van der Waals surface area contributed by atoms with Crippen molar-refractivity contribution in [3.05, 3.63) is 29.8 Å². The van der Waals surface area contributed by atoms with E-state index >= 15 is 0 Å². The fourth-order valence-electron chi connectivity index (χ4n) is 2.67. The molecule has 0 aliphatic carbocycles. The highest BCUT2D eigenvalue weighted by Crippen LogP contribution is 2.21. The largest absolute Gasteiger partial charge is 0.370 e. The molecule has 0 spiro atoms. The van der Waals surface area contributed by atoms with Crippen molar-refractivity contribution in [2.45, 2.75) is 26.2 Å². The molecule has 1 atom stereocenters. The zero-order valence-electron chi connectivity index (χ0n) is 12.5. The zero-order valence-corrected chi connectivity index (χ0v) is 12.5. The summed E-state index contributed by atoms with van der Waals surface area (Å²) in [5.74, 6) is -0.330. The highest BCUT2D eigenvalue weighted by molar-refractivity contribution is 5.96. The quantitative estimate of drug-likeness (QED) is 0.855. The van der Waals surface area contributed by atoms with Crippen LogP contribution in [-0.2, 0) is 9.59 Å². The fraction of sp³-hybridized carbons (Fsp3) is 0.500. The molecule has 5 heteroatoms. The molecule has 1 aromatic rings. The maximum Gasteiger partial charge on any atom is 0.231 e. The molecule has 1 heterocycles. The van der Waals surface area contributed by atoms with Crippen LogP contribution in [0, 0.1) is 12.8 Å². The lowest BCUT2D eigenvalue weighted by molar-refractivity contribution is -0.123. The van der Waals surface area contributed by atoms with E-state index in [1.807, 2.05) is 31.2 Å². The van der Waals surface area contributed by atoms with Gasteiger partial charge in [0.1, 0.15) is 0 Å². The highest BCUT2D eigenvalue weighted by Gasteiger charge is 2.27. The van der Waals surface area contributed by atoms with E-state index in [1.54, 1.807) is 4.90 Å². The molecule has 0 saturated carbocycles. The Morgan fingerprint density at radius 1 is 1.43 bits per heavy atom. The number of nitrogens with one attached hydrogen (secondary N) is 1. The zero-order chi connectivity index (χ0) is 15.2. The number of carbonyl (C=O) groups is 2. The van der Waals surface area contributed by atoms with E-state index in [0.29, 0.717) is 13.1 Å². The smallest absolute Gasteiger partial charge is 0.231 e. The molecule has 21 heavy (non-hydrogen) atoms. The SMILES string of the molecule is Cc1cccc(N(CCC(N)=O)C(=O)C2CCCNC2)c1. The maximum atomic E-state index is 12.8. The van der Waals surface area contributed by atoms with Gasteiger partial charge in [0, 0.05) is 25.2 Å². The number of hydrogen-bond acceptors (Lipinski definition) is 3. The molecule has 114 valence electrons. The third kappa shape index (κ3) is 4.29. The van der Waals surface area contributed by atoms with Gasteiger partial charge in [-0.2, -0.15) is 0 Å². The Kier molecular flexibility index (Phi) is 5.33. The van der Waals surface area contributed by atoms with E-state index in [2.05, 4.69) is 5.32 Å². The number of piperidine rings is 1. The summed E-state index contributed by atoms with van der Waals surface area (Å²) in [6, 6.07) is 7.79. The minimum Gasteiger partial charge on any atom is -0.370 e. The first kappa shape index (κ1) is 15.5. The summed E-state index contributed by atoms with van der Waals surface area (Å²) in [4.78, 5) is 25.5. The number of nitrogens with two attached hydrogens (primary N) is 1. The molecule has 3 N–H and O–H groups in total. The van der Waals surface area contributed by atoms with Gasteiger partial charge in [-0.25, -0.2) is 0 Å². The molecule has 2 amide bonds. The van der Waals surface area contributed by atoms with Crippen molar-refractivity contribution < 1.29 is 9.59 Å². The molecule has 0 bridgehead atoms. The number of rotatable bonds is 5. The molecular formula is C16H23N3O2. The molecular weight excluding hydrogens is 266 g/mol. The molecule has 1 aliphatic rings. The average molecular weight is 289 g/mol. The van der Waals surface area contributed by atoms with Gasteiger partial charge in [0.2, 0.25) is 11.8 Å².